The molecule has 8 nitrogen and oxygen atoms in total. The van der Waals surface area contributed by atoms with Gasteiger partial charge in [-0.2, -0.15) is 5.10 Å². The summed E-state index contributed by atoms with van der Waals surface area (Å²) in [6, 6.07) is 5.38. The van der Waals surface area contributed by atoms with E-state index in [1.165, 1.54) is 0 Å². The molecule has 10 heteroatoms. The monoisotopic (exact) mass is 470 g/mol. The Morgan fingerprint density at radius 3 is 2.85 bits per heavy atom. The standard InChI is InChI=1S/C24H28F2N6O2/c1-13(32-6-8-34-9-7-32)22(33)31(3)14-4-5-16-17(10-14)28-21(27-16)20-15-11-19-23(2,24(19,25)26)12-18(15)29-30-20/h4-5,10,13,19H,6-9,11-12H2,1-3H3,(H,27,28)(H,29,30)/t13-,19-,23+/m0/s1. The molecule has 2 aromatic heterocycles. The molecule has 3 aliphatic rings. The molecular weight excluding hydrogens is 442 g/mol. The van der Waals surface area contributed by atoms with Crippen molar-refractivity contribution in [1.82, 2.24) is 25.1 Å². The van der Waals surface area contributed by atoms with Crippen molar-refractivity contribution in [2.24, 2.45) is 11.3 Å². The topological polar surface area (TPSA) is 90.1 Å². The minimum atomic E-state index is -2.64. The molecule has 1 saturated carbocycles. The predicted molar refractivity (Wildman–Crippen MR) is 123 cm³/mol. The van der Waals surface area contributed by atoms with Crippen LogP contribution in [-0.4, -0.2) is 76.3 Å². The summed E-state index contributed by atoms with van der Waals surface area (Å²) >= 11 is 0. The number of aromatic amines is 2. The third kappa shape index (κ3) is 3.04. The Kier molecular flexibility index (Phi) is 4.67. The van der Waals surface area contributed by atoms with Gasteiger partial charge in [-0.05, 0) is 31.5 Å². The number of nitrogens with zero attached hydrogens (tertiary/aromatic N) is 4. The smallest absolute Gasteiger partial charge is 0.258 e. The molecule has 3 aromatic rings. The van der Waals surface area contributed by atoms with Gasteiger partial charge in [-0.1, -0.05) is 6.92 Å². The van der Waals surface area contributed by atoms with Gasteiger partial charge in [0, 0.05) is 54.8 Å². The fourth-order valence-electron chi connectivity index (χ4n) is 5.65. The lowest BCUT2D eigenvalue weighted by atomic mass is 9.87. The highest BCUT2D eigenvalue weighted by Crippen LogP contribution is 2.70. The van der Waals surface area contributed by atoms with E-state index in [1.807, 2.05) is 25.1 Å². The van der Waals surface area contributed by atoms with E-state index in [2.05, 4.69) is 20.1 Å². The molecule has 0 radical (unpaired) electrons. The second-order valence-electron chi connectivity index (χ2n) is 10.0. The van der Waals surface area contributed by atoms with Crippen LogP contribution in [0.5, 0.6) is 0 Å². The summed E-state index contributed by atoms with van der Waals surface area (Å²) in [5.41, 5.74) is 3.47. The Bertz CT molecular complexity index is 1280. The quantitative estimate of drug-likeness (QED) is 0.612. The summed E-state index contributed by atoms with van der Waals surface area (Å²) < 4.78 is 34.0. The number of halogens is 2. The second-order valence-corrected chi connectivity index (χ2v) is 10.0. The van der Waals surface area contributed by atoms with Crippen LogP contribution in [-0.2, 0) is 22.4 Å². The summed E-state index contributed by atoms with van der Waals surface area (Å²) in [4.78, 5) is 24.8. The average Bonchev–Trinajstić information content (AvgIpc) is 3.24. The van der Waals surface area contributed by atoms with Crippen LogP contribution < -0.4 is 4.90 Å². The average molecular weight is 471 g/mol. The van der Waals surface area contributed by atoms with Crippen LogP contribution in [0, 0.1) is 11.3 Å². The number of imidazole rings is 1. The van der Waals surface area contributed by atoms with Gasteiger partial charge < -0.3 is 14.6 Å². The van der Waals surface area contributed by atoms with E-state index in [0.717, 1.165) is 35.6 Å². The van der Waals surface area contributed by atoms with Crippen LogP contribution in [0.2, 0.25) is 0 Å². The number of carbonyl (C=O) groups excluding carboxylic acids is 1. The fraction of sp³-hybridized carbons (Fsp3) is 0.542. The molecule has 1 amide bonds. The molecule has 1 aliphatic heterocycles. The van der Waals surface area contributed by atoms with Gasteiger partial charge in [-0.15, -0.1) is 0 Å². The van der Waals surface area contributed by atoms with Crippen LogP contribution in [0.4, 0.5) is 14.5 Å². The van der Waals surface area contributed by atoms with Gasteiger partial charge in [0.2, 0.25) is 5.91 Å². The number of H-pyrrole nitrogens is 2. The number of anilines is 1. The molecule has 1 aromatic carbocycles. The van der Waals surface area contributed by atoms with Crippen molar-refractivity contribution in [3.8, 4) is 11.5 Å². The molecular formula is C24H28F2N6O2. The molecule has 0 bridgehead atoms. The largest absolute Gasteiger partial charge is 0.379 e. The molecule has 2 N–H and O–H groups in total. The number of alkyl halides is 2. The number of benzene rings is 1. The highest BCUT2D eigenvalue weighted by molar-refractivity contribution is 5.98. The molecule has 3 atom stereocenters. The lowest BCUT2D eigenvalue weighted by molar-refractivity contribution is -0.124. The molecule has 2 fully saturated rings. The van der Waals surface area contributed by atoms with Crippen molar-refractivity contribution in [3.05, 3.63) is 29.5 Å². The van der Waals surface area contributed by atoms with E-state index in [9.17, 15) is 13.6 Å². The summed E-state index contributed by atoms with van der Waals surface area (Å²) in [7, 11) is 1.77. The first-order chi connectivity index (χ1) is 16.2. The van der Waals surface area contributed by atoms with E-state index in [1.54, 1.807) is 18.9 Å². The predicted octanol–water partition coefficient (Wildman–Crippen LogP) is 3.01. The maximum Gasteiger partial charge on any atom is 0.258 e. The van der Waals surface area contributed by atoms with Gasteiger partial charge in [-0.25, -0.2) is 13.8 Å². The molecule has 1 saturated heterocycles. The minimum absolute atomic E-state index is 0.00629. The normalized spacial score (nSPS) is 26.7. The van der Waals surface area contributed by atoms with E-state index in [4.69, 9.17) is 9.72 Å². The zero-order valence-electron chi connectivity index (χ0n) is 19.5. The zero-order chi connectivity index (χ0) is 23.8. The molecule has 180 valence electrons. The summed E-state index contributed by atoms with van der Waals surface area (Å²) in [5, 5.41) is 7.38. The van der Waals surface area contributed by atoms with Gasteiger partial charge in [0.05, 0.1) is 30.3 Å². The number of carbonyl (C=O) groups is 1. The number of likely N-dealkylation sites (N-methyl/N-ethyl adjacent to an activating group) is 1. The number of ether oxygens (including phenoxy) is 1. The van der Waals surface area contributed by atoms with Gasteiger partial charge in [0.1, 0.15) is 5.69 Å². The Balaban J connectivity index is 1.26. The van der Waals surface area contributed by atoms with Crippen LogP contribution in [0.3, 0.4) is 0 Å². The van der Waals surface area contributed by atoms with Gasteiger partial charge in [0.25, 0.3) is 5.92 Å². The van der Waals surface area contributed by atoms with E-state index in [-0.39, 0.29) is 11.9 Å². The van der Waals surface area contributed by atoms with Crippen LogP contribution in [0.1, 0.15) is 25.1 Å². The third-order valence-electron chi connectivity index (χ3n) is 8.15. The molecule has 6 rings (SSSR count). The molecule has 2 aliphatic carbocycles. The molecule has 0 unspecified atom stereocenters. The van der Waals surface area contributed by atoms with Crippen LogP contribution >= 0.6 is 0 Å². The molecule has 3 heterocycles. The van der Waals surface area contributed by atoms with Crippen LogP contribution in [0.15, 0.2) is 18.2 Å². The third-order valence-corrected chi connectivity index (χ3v) is 8.15. The Morgan fingerprint density at radius 1 is 1.32 bits per heavy atom. The van der Waals surface area contributed by atoms with Gasteiger partial charge in [-0.3, -0.25) is 14.8 Å². The molecule has 34 heavy (non-hydrogen) atoms. The van der Waals surface area contributed by atoms with Gasteiger partial charge in [0.15, 0.2) is 5.82 Å². The number of hydrogen-bond donors (Lipinski definition) is 2. The Morgan fingerprint density at radius 2 is 2.09 bits per heavy atom. The lowest BCUT2D eigenvalue weighted by Gasteiger charge is -2.33. The minimum Gasteiger partial charge on any atom is -0.379 e. The number of aromatic nitrogens is 4. The number of nitrogens with one attached hydrogen (secondary N) is 2. The second kappa shape index (κ2) is 7.32. The van der Waals surface area contributed by atoms with Gasteiger partial charge >= 0.3 is 0 Å². The number of rotatable bonds is 4. The van der Waals surface area contributed by atoms with E-state index >= 15 is 0 Å². The fourth-order valence-corrected chi connectivity index (χ4v) is 5.65. The summed E-state index contributed by atoms with van der Waals surface area (Å²) in [6.07, 6.45) is 0.592. The van der Waals surface area contributed by atoms with E-state index in [0.29, 0.717) is 43.1 Å². The SMILES string of the molecule is C[C@@H](C(=O)N(C)c1ccc2[nH]c(-c3n[nH]c4c3C[C@@H]3C(F)(F)[C@]3(C)C4)nc2c1)N1CCOCC1. The highest BCUT2D eigenvalue weighted by atomic mass is 19.3. The van der Waals surface area contributed by atoms with E-state index < -0.39 is 17.3 Å². The first kappa shape index (κ1) is 21.7. The number of amides is 1. The number of morpholine rings is 1. The maximum atomic E-state index is 14.3. The Labute approximate surface area is 195 Å². The van der Waals surface area contributed by atoms with Crippen LogP contribution in [0.25, 0.3) is 22.6 Å². The number of hydrogen-bond acceptors (Lipinski definition) is 5. The lowest BCUT2D eigenvalue weighted by Crippen LogP contribution is -2.50. The summed E-state index contributed by atoms with van der Waals surface area (Å²) in [6.45, 7) is 6.33. The van der Waals surface area contributed by atoms with Crippen molar-refractivity contribution < 1.29 is 18.3 Å². The van der Waals surface area contributed by atoms with Crippen molar-refractivity contribution in [3.63, 3.8) is 0 Å². The molecule has 0 spiro atoms. The zero-order valence-corrected chi connectivity index (χ0v) is 19.5. The highest BCUT2D eigenvalue weighted by Gasteiger charge is 2.78. The first-order valence-electron chi connectivity index (χ1n) is 11.7. The Hall–Kier alpha value is -2.85. The van der Waals surface area contributed by atoms with Crippen molar-refractivity contribution in [2.45, 2.75) is 38.7 Å². The maximum absolute atomic E-state index is 14.3. The first-order valence-corrected chi connectivity index (χ1v) is 11.7. The van der Waals surface area contributed by atoms with Crippen molar-refractivity contribution in [1.29, 1.82) is 0 Å². The number of fused-ring (bicyclic) bond motifs is 3. The van der Waals surface area contributed by atoms with Crippen molar-refractivity contribution in [2.75, 3.05) is 38.3 Å². The van der Waals surface area contributed by atoms with Crippen molar-refractivity contribution >= 4 is 22.6 Å². The summed E-state index contributed by atoms with van der Waals surface area (Å²) in [5.74, 6) is -2.73.